The molecular formula is C25H29N3O3S. The zero-order chi connectivity index (χ0) is 22.1. The molecule has 168 valence electrons. The summed E-state index contributed by atoms with van der Waals surface area (Å²) >= 11 is 1.58. The number of ether oxygens (including phenoxy) is 2. The smallest absolute Gasteiger partial charge is 0.237 e. The van der Waals surface area contributed by atoms with Crippen LogP contribution in [0.2, 0.25) is 0 Å². The number of nitrogens with one attached hydrogen (secondary N) is 2. The van der Waals surface area contributed by atoms with Gasteiger partial charge in [-0.2, -0.15) is 0 Å². The van der Waals surface area contributed by atoms with Gasteiger partial charge in [-0.05, 0) is 60.1 Å². The van der Waals surface area contributed by atoms with Gasteiger partial charge in [0, 0.05) is 13.1 Å². The van der Waals surface area contributed by atoms with Gasteiger partial charge in [-0.15, -0.1) is 11.8 Å². The number of amides is 1. The number of carbonyl (C=O) groups excluding carboxylic acids is 1. The van der Waals surface area contributed by atoms with Crippen molar-refractivity contribution in [1.29, 1.82) is 0 Å². The number of thioether (sulfide) groups is 1. The number of rotatable bonds is 6. The normalized spacial score (nSPS) is 24.9. The first kappa shape index (κ1) is 21.4. The van der Waals surface area contributed by atoms with E-state index in [0.29, 0.717) is 13.2 Å². The minimum atomic E-state index is -0.187. The molecule has 0 radical (unpaired) electrons. The number of benzene rings is 2. The Hall–Kier alpha value is -2.48. The lowest BCUT2D eigenvalue weighted by molar-refractivity contribution is -0.125. The second kappa shape index (κ2) is 9.17. The molecule has 6 nitrogen and oxygen atoms in total. The number of carbonyl (C=O) groups is 1. The van der Waals surface area contributed by atoms with Gasteiger partial charge in [-0.3, -0.25) is 15.0 Å². The van der Waals surface area contributed by atoms with Crippen molar-refractivity contribution in [2.24, 2.45) is 0 Å². The van der Waals surface area contributed by atoms with Crippen molar-refractivity contribution in [3.63, 3.8) is 0 Å². The highest BCUT2D eigenvalue weighted by molar-refractivity contribution is 8.04. The Bertz CT molecular complexity index is 1040. The van der Waals surface area contributed by atoms with E-state index in [1.54, 1.807) is 11.8 Å². The summed E-state index contributed by atoms with van der Waals surface area (Å²) in [4.78, 5) is 15.3. The topological polar surface area (TPSA) is 62.8 Å². The molecule has 3 unspecified atom stereocenters. The van der Waals surface area contributed by atoms with E-state index in [0.717, 1.165) is 42.1 Å². The van der Waals surface area contributed by atoms with Crippen molar-refractivity contribution in [1.82, 2.24) is 15.5 Å². The largest absolute Gasteiger partial charge is 0.490 e. The van der Waals surface area contributed by atoms with E-state index < -0.39 is 0 Å². The van der Waals surface area contributed by atoms with Gasteiger partial charge in [0.25, 0.3) is 0 Å². The Morgan fingerprint density at radius 3 is 2.66 bits per heavy atom. The molecule has 3 aliphatic rings. The Morgan fingerprint density at radius 2 is 1.84 bits per heavy atom. The minimum Gasteiger partial charge on any atom is -0.490 e. The van der Waals surface area contributed by atoms with Crippen LogP contribution in [-0.4, -0.2) is 48.1 Å². The van der Waals surface area contributed by atoms with Gasteiger partial charge in [0.05, 0.1) is 19.3 Å². The predicted octanol–water partition coefficient (Wildman–Crippen LogP) is 3.37. The maximum atomic E-state index is 13.0. The molecular weight excluding hydrogens is 422 g/mol. The Balaban J connectivity index is 1.37. The van der Waals surface area contributed by atoms with E-state index in [4.69, 9.17) is 9.47 Å². The maximum absolute atomic E-state index is 13.0. The molecule has 1 amide bonds. The molecule has 2 N–H and O–H groups in total. The number of fused-ring (bicyclic) bond motifs is 2. The van der Waals surface area contributed by atoms with Crippen LogP contribution in [0.4, 0.5) is 0 Å². The standard InChI is InChI=1S/C25H29N3O3S/c1-3-30-20-10-9-17(13-21(20)31-4-2)19-15-32-23-22(19)26-25(27-24(23)29)28-12-11-16-7-5-6-8-18(16)14-28/h5-10,13,15,22-23,25-26H,3-4,11-12,14H2,1-2H3,(H,27,29). The van der Waals surface area contributed by atoms with Crippen LogP contribution in [0.1, 0.15) is 30.5 Å². The minimum absolute atomic E-state index is 0.0525. The molecule has 0 spiro atoms. The van der Waals surface area contributed by atoms with Gasteiger partial charge in [0.1, 0.15) is 11.5 Å². The Morgan fingerprint density at radius 1 is 1.06 bits per heavy atom. The van der Waals surface area contributed by atoms with Crippen molar-refractivity contribution < 1.29 is 14.3 Å². The van der Waals surface area contributed by atoms with E-state index >= 15 is 0 Å². The van der Waals surface area contributed by atoms with Crippen LogP contribution in [0.25, 0.3) is 5.57 Å². The number of nitrogens with zero attached hydrogens (tertiary/aromatic N) is 1. The molecule has 2 aromatic carbocycles. The van der Waals surface area contributed by atoms with Crippen molar-refractivity contribution in [3.8, 4) is 11.5 Å². The molecule has 0 saturated carbocycles. The van der Waals surface area contributed by atoms with Crippen molar-refractivity contribution in [2.45, 2.75) is 44.4 Å². The SMILES string of the molecule is CCOc1ccc(C2=CSC3C(=O)NC(N4CCc5ccccc5C4)NC23)cc1OCC. The summed E-state index contributed by atoms with van der Waals surface area (Å²) in [5.74, 6) is 1.58. The van der Waals surface area contributed by atoms with Crippen LogP contribution in [0.15, 0.2) is 47.9 Å². The third-order valence-electron chi connectivity index (χ3n) is 6.26. The van der Waals surface area contributed by atoms with Gasteiger partial charge in [-0.1, -0.05) is 30.3 Å². The average molecular weight is 452 g/mol. The van der Waals surface area contributed by atoms with Crippen LogP contribution in [0.3, 0.4) is 0 Å². The fraction of sp³-hybridized carbons (Fsp3) is 0.400. The zero-order valence-corrected chi connectivity index (χ0v) is 19.3. The molecule has 32 heavy (non-hydrogen) atoms. The molecule has 1 fully saturated rings. The lowest BCUT2D eigenvalue weighted by atomic mass is 9.95. The van der Waals surface area contributed by atoms with Gasteiger partial charge in [0.15, 0.2) is 11.5 Å². The fourth-order valence-corrected chi connectivity index (χ4v) is 5.84. The molecule has 0 aliphatic carbocycles. The van der Waals surface area contributed by atoms with E-state index in [1.165, 1.54) is 11.1 Å². The first-order chi connectivity index (χ1) is 15.7. The lowest BCUT2D eigenvalue weighted by Gasteiger charge is -2.42. The van der Waals surface area contributed by atoms with E-state index in [-0.39, 0.29) is 23.5 Å². The first-order valence-corrected chi connectivity index (χ1v) is 12.2. The summed E-state index contributed by atoms with van der Waals surface area (Å²) in [7, 11) is 0. The lowest BCUT2D eigenvalue weighted by Crippen LogP contribution is -2.68. The molecule has 3 atom stereocenters. The molecule has 1 saturated heterocycles. The zero-order valence-electron chi connectivity index (χ0n) is 18.5. The summed E-state index contributed by atoms with van der Waals surface area (Å²) in [6.45, 7) is 6.84. The molecule has 3 aliphatic heterocycles. The van der Waals surface area contributed by atoms with Crippen molar-refractivity contribution >= 4 is 23.2 Å². The fourth-order valence-electron chi connectivity index (χ4n) is 4.69. The monoisotopic (exact) mass is 451 g/mol. The first-order valence-electron chi connectivity index (χ1n) is 11.3. The predicted molar refractivity (Wildman–Crippen MR) is 128 cm³/mol. The molecule has 5 rings (SSSR count). The van der Waals surface area contributed by atoms with E-state index in [1.807, 2.05) is 26.0 Å². The third kappa shape index (κ3) is 4.00. The van der Waals surface area contributed by atoms with Crippen LogP contribution in [-0.2, 0) is 17.8 Å². The van der Waals surface area contributed by atoms with Crippen molar-refractivity contribution in [3.05, 3.63) is 64.6 Å². The quantitative estimate of drug-likeness (QED) is 0.702. The average Bonchev–Trinajstić information content (AvgIpc) is 3.25. The molecule has 7 heteroatoms. The maximum Gasteiger partial charge on any atom is 0.237 e. The van der Waals surface area contributed by atoms with Gasteiger partial charge < -0.3 is 14.8 Å². The highest BCUT2D eigenvalue weighted by Gasteiger charge is 2.43. The van der Waals surface area contributed by atoms with Gasteiger partial charge in [-0.25, -0.2) is 0 Å². The summed E-state index contributed by atoms with van der Waals surface area (Å²) in [6, 6.07) is 14.6. The Labute approximate surface area is 193 Å². The second-order valence-electron chi connectivity index (χ2n) is 8.20. The summed E-state index contributed by atoms with van der Waals surface area (Å²) in [5, 5.41) is 8.86. The summed E-state index contributed by atoms with van der Waals surface area (Å²) < 4.78 is 11.5. The van der Waals surface area contributed by atoms with Crippen LogP contribution < -0.4 is 20.1 Å². The molecule has 0 bridgehead atoms. The summed E-state index contributed by atoms with van der Waals surface area (Å²) in [5.41, 5.74) is 4.92. The molecule has 3 heterocycles. The highest BCUT2D eigenvalue weighted by atomic mass is 32.2. The van der Waals surface area contributed by atoms with Crippen molar-refractivity contribution in [2.75, 3.05) is 19.8 Å². The van der Waals surface area contributed by atoms with E-state index in [9.17, 15) is 4.79 Å². The Kier molecular flexibility index (Phi) is 6.13. The van der Waals surface area contributed by atoms with Crippen LogP contribution in [0.5, 0.6) is 11.5 Å². The van der Waals surface area contributed by atoms with Crippen LogP contribution >= 0.6 is 11.8 Å². The third-order valence-corrected chi connectivity index (χ3v) is 7.43. The van der Waals surface area contributed by atoms with E-state index in [2.05, 4.69) is 51.3 Å². The van der Waals surface area contributed by atoms with Gasteiger partial charge in [0.2, 0.25) is 5.91 Å². The molecule has 0 aromatic heterocycles. The number of hydrogen-bond donors (Lipinski definition) is 2. The molecule has 2 aromatic rings. The highest BCUT2D eigenvalue weighted by Crippen LogP contribution is 2.41. The number of hydrogen-bond acceptors (Lipinski definition) is 6. The van der Waals surface area contributed by atoms with Crippen LogP contribution in [0, 0.1) is 0 Å². The summed E-state index contributed by atoms with van der Waals surface area (Å²) in [6.07, 6.45) is 0.806. The second-order valence-corrected chi connectivity index (χ2v) is 9.22. The van der Waals surface area contributed by atoms with Gasteiger partial charge >= 0.3 is 0 Å².